The zero-order valence-electron chi connectivity index (χ0n) is 14.7. The maximum Gasteiger partial charge on any atom is 0.317 e. The molecular weight excluding hydrogens is 334 g/mol. The summed E-state index contributed by atoms with van der Waals surface area (Å²) in [5.74, 6) is -3.45. The van der Waals surface area contributed by atoms with Crippen LogP contribution in [0.15, 0.2) is 60.7 Å². The molecule has 0 aliphatic carbocycles. The number of hydrogen-bond donors (Lipinski definition) is 0. The van der Waals surface area contributed by atoms with Gasteiger partial charge in [-0.3, -0.25) is 19.7 Å². The lowest BCUT2D eigenvalue weighted by molar-refractivity contribution is -0.523. The van der Waals surface area contributed by atoms with Crippen LogP contribution in [0.25, 0.3) is 0 Å². The summed E-state index contributed by atoms with van der Waals surface area (Å²) in [4.78, 5) is 36.7. The molecule has 2 aromatic rings. The number of ether oxygens (including phenoxy) is 1. The van der Waals surface area contributed by atoms with Crippen LogP contribution in [0.1, 0.15) is 35.7 Å². The molecule has 0 radical (unpaired) electrons. The quantitative estimate of drug-likeness (QED) is 0.238. The van der Waals surface area contributed by atoms with Crippen LogP contribution in [0.2, 0.25) is 0 Å². The number of benzene rings is 2. The van der Waals surface area contributed by atoms with Crippen molar-refractivity contribution >= 4 is 11.8 Å². The third-order valence-electron chi connectivity index (χ3n) is 4.28. The lowest BCUT2D eigenvalue weighted by Crippen LogP contribution is -2.39. The summed E-state index contributed by atoms with van der Waals surface area (Å²) in [6.07, 6.45) is 0. The molecule has 0 bridgehead atoms. The second kappa shape index (κ2) is 8.89. The number of rotatable bonds is 8. The Labute approximate surface area is 151 Å². The smallest absolute Gasteiger partial charge is 0.317 e. The van der Waals surface area contributed by atoms with E-state index in [1.807, 2.05) is 0 Å². The Morgan fingerprint density at radius 3 is 2.08 bits per heavy atom. The van der Waals surface area contributed by atoms with Crippen molar-refractivity contribution in [2.45, 2.75) is 25.8 Å². The maximum atomic E-state index is 13.1. The molecule has 2 rings (SSSR count). The average Bonchev–Trinajstić information content (AvgIpc) is 2.66. The Hall–Kier alpha value is -3.02. The Balaban J connectivity index is 2.56. The Bertz CT molecular complexity index is 760. The summed E-state index contributed by atoms with van der Waals surface area (Å²) in [6.45, 7) is 3.13. The molecule has 136 valence electrons. The van der Waals surface area contributed by atoms with Crippen molar-refractivity contribution in [2.75, 3.05) is 6.61 Å². The van der Waals surface area contributed by atoms with Gasteiger partial charge in [-0.05, 0) is 12.5 Å². The topological polar surface area (TPSA) is 86.5 Å². The van der Waals surface area contributed by atoms with Gasteiger partial charge >= 0.3 is 5.97 Å². The molecule has 0 saturated heterocycles. The number of carbonyl (C=O) groups is 2. The van der Waals surface area contributed by atoms with Crippen LogP contribution in [-0.2, 0) is 9.53 Å². The van der Waals surface area contributed by atoms with Gasteiger partial charge in [0.2, 0.25) is 6.04 Å². The molecular formula is C20H21NO5. The molecule has 0 N–H and O–H groups in total. The van der Waals surface area contributed by atoms with Gasteiger partial charge in [0.05, 0.1) is 12.5 Å². The number of Topliss-reactive ketones (excluding diaryl/α,β-unsaturated/α-hetero) is 1. The number of ketones is 1. The third-order valence-corrected chi connectivity index (χ3v) is 4.28. The molecule has 0 unspecified atom stereocenters. The van der Waals surface area contributed by atoms with Gasteiger partial charge in [0.25, 0.3) is 0 Å². The summed E-state index contributed by atoms with van der Waals surface area (Å²) >= 11 is 0. The van der Waals surface area contributed by atoms with E-state index in [4.69, 9.17) is 4.74 Å². The van der Waals surface area contributed by atoms with E-state index in [1.54, 1.807) is 67.6 Å². The van der Waals surface area contributed by atoms with E-state index < -0.39 is 34.6 Å². The van der Waals surface area contributed by atoms with Gasteiger partial charge in [0.1, 0.15) is 5.92 Å². The second-order valence-electron chi connectivity index (χ2n) is 5.92. The van der Waals surface area contributed by atoms with Crippen molar-refractivity contribution in [1.82, 2.24) is 0 Å². The first-order valence-corrected chi connectivity index (χ1v) is 8.41. The molecule has 2 aromatic carbocycles. The van der Waals surface area contributed by atoms with E-state index in [2.05, 4.69) is 0 Å². The molecule has 0 fully saturated rings. The summed E-state index contributed by atoms with van der Waals surface area (Å²) in [6, 6.07) is 15.8. The molecule has 0 heterocycles. The number of carbonyl (C=O) groups excluding carboxylic acids is 2. The zero-order valence-corrected chi connectivity index (χ0v) is 14.7. The van der Waals surface area contributed by atoms with E-state index in [0.717, 1.165) is 0 Å². The van der Waals surface area contributed by atoms with Crippen LogP contribution in [0.3, 0.4) is 0 Å². The summed E-state index contributed by atoms with van der Waals surface area (Å²) < 4.78 is 5.10. The second-order valence-corrected chi connectivity index (χ2v) is 5.92. The molecule has 0 aromatic heterocycles. The van der Waals surface area contributed by atoms with E-state index in [9.17, 15) is 19.7 Å². The molecule has 0 amide bonds. The van der Waals surface area contributed by atoms with E-state index in [1.165, 1.54) is 6.92 Å². The number of hydrogen-bond acceptors (Lipinski definition) is 5. The zero-order chi connectivity index (χ0) is 19.1. The van der Waals surface area contributed by atoms with Crippen molar-refractivity contribution in [3.63, 3.8) is 0 Å². The highest BCUT2D eigenvalue weighted by molar-refractivity contribution is 6.09. The molecule has 6 nitrogen and oxygen atoms in total. The molecule has 3 atom stereocenters. The molecule has 26 heavy (non-hydrogen) atoms. The van der Waals surface area contributed by atoms with Crippen LogP contribution in [0.5, 0.6) is 0 Å². The van der Waals surface area contributed by atoms with E-state index in [-0.39, 0.29) is 6.61 Å². The first kappa shape index (κ1) is 19.3. The third kappa shape index (κ3) is 4.33. The predicted molar refractivity (Wildman–Crippen MR) is 96.5 cm³/mol. The molecule has 6 heteroatoms. The number of nitrogens with zero attached hydrogens (tertiary/aromatic N) is 1. The molecule has 0 aliphatic rings. The summed E-state index contributed by atoms with van der Waals surface area (Å²) in [5, 5.41) is 11.5. The largest absolute Gasteiger partial charge is 0.465 e. The predicted octanol–water partition coefficient (Wildman–Crippen LogP) is 3.50. The fourth-order valence-corrected chi connectivity index (χ4v) is 2.99. The van der Waals surface area contributed by atoms with E-state index in [0.29, 0.717) is 11.1 Å². The van der Waals surface area contributed by atoms with Crippen LogP contribution in [-0.4, -0.2) is 29.3 Å². The minimum Gasteiger partial charge on any atom is -0.465 e. The minimum absolute atomic E-state index is 0.0890. The van der Waals surface area contributed by atoms with Crippen LogP contribution in [0.4, 0.5) is 0 Å². The highest BCUT2D eigenvalue weighted by atomic mass is 16.6. The van der Waals surface area contributed by atoms with Crippen molar-refractivity contribution in [1.29, 1.82) is 0 Å². The van der Waals surface area contributed by atoms with Crippen molar-refractivity contribution < 1.29 is 19.2 Å². The van der Waals surface area contributed by atoms with Gasteiger partial charge in [-0.15, -0.1) is 0 Å². The van der Waals surface area contributed by atoms with Gasteiger partial charge in [-0.1, -0.05) is 60.7 Å². The van der Waals surface area contributed by atoms with Gasteiger partial charge in [-0.25, -0.2) is 0 Å². The summed E-state index contributed by atoms with van der Waals surface area (Å²) in [5.41, 5.74) is 0.876. The standard InChI is InChI=1S/C20H21NO5/c1-3-26-20(23)18(19(22)16-12-8-5-9-13-16)17(14(2)21(24)25)15-10-6-4-7-11-15/h4-14,17-18H,3H2,1-2H3/t14-,17+,18-/m1/s1. The van der Waals surface area contributed by atoms with Crippen molar-refractivity contribution in [3.8, 4) is 0 Å². The van der Waals surface area contributed by atoms with Crippen molar-refractivity contribution in [2.24, 2.45) is 5.92 Å². The Morgan fingerprint density at radius 2 is 1.58 bits per heavy atom. The molecule has 0 spiro atoms. The SMILES string of the molecule is CCOC(=O)[C@@H](C(=O)c1ccccc1)[C@H](c1ccccc1)[C@@H](C)[N+](=O)[O-]. The van der Waals surface area contributed by atoms with Gasteiger partial charge in [-0.2, -0.15) is 0 Å². The highest BCUT2D eigenvalue weighted by Crippen LogP contribution is 2.33. The first-order chi connectivity index (χ1) is 12.5. The van der Waals surface area contributed by atoms with Crippen LogP contribution < -0.4 is 0 Å². The number of nitro groups is 1. The molecule has 0 aliphatic heterocycles. The van der Waals surface area contributed by atoms with Crippen LogP contribution in [0, 0.1) is 16.0 Å². The first-order valence-electron chi connectivity index (χ1n) is 8.41. The van der Waals surface area contributed by atoms with Crippen LogP contribution >= 0.6 is 0 Å². The minimum atomic E-state index is -1.29. The van der Waals surface area contributed by atoms with Gasteiger partial charge < -0.3 is 4.74 Å². The number of esters is 1. The Morgan fingerprint density at radius 1 is 1.04 bits per heavy atom. The van der Waals surface area contributed by atoms with E-state index >= 15 is 0 Å². The molecule has 0 saturated carbocycles. The van der Waals surface area contributed by atoms with Crippen molar-refractivity contribution in [3.05, 3.63) is 81.9 Å². The average molecular weight is 355 g/mol. The summed E-state index contributed by atoms with van der Waals surface area (Å²) in [7, 11) is 0. The lowest BCUT2D eigenvalue weighted by Gasteiger charge is -2.26. The highest BCUT2D eigenvalue weighted by Gasteiger charge is 2.44. The fourth-order valence-electron chi connectivity index (χ4n) is 2.99. The lowest BCUT2D eigenvalue weighted by atomic mass is 9.77. The maximum absolute atomic E-state index is 13.1. The normalized spacial score (nSPS) is 14.1. The monoisotopic (exact) mass is 355 g/mol. The van der Waals surface area contributed by atoms with Gasteiger partial charge in [0.15, 0.2) is 5.78 Å². The Kier molecular flexibility index (Phi) is 6.60. The van der Waals surface area contributed by atoms with Gasteiger partial charge in [0, 0.05) is 17.4 Å². The fraction of sp³-hybridized carbons (Fsp3) is 0.300.